The summed E-state index contributed by atoms with van der Waals surface area (Å²) >= 11 is 0. The number of hydrogen-bond acceptors (Lipinski definition) is 6. The molecule has 2 rings (SSSR count). The average molecular weight is 371 g/mol. The molecule has 2 aromatic carbocycles. The van der Waals surface area contributed by atoms with Crippen LogP contribution < -0.4 is 4.74 Å². The van der Waals surface area contributed by atoms with Crippen LogP contribution in [-0.2, 0) is 10.2 Å². The number of nitrogens with zero attached hydrogens (tertiary/aromatic N) is 1. The monoisotopic (exact) mass is 371 g/mol. The molecule has 0 aliphatic carbocycles. The Hall–Kier alpha value is -3.22. The van der Waals surface area contributed by atoms with E-state index in [2.05, 4.69) is 20.8 Å². The lowest BCUT2D eigenvalue weighted by Gasteiger charge is -2.19. The van der Waals surface area contributed by atoms with Gasteiger partial charge in [0.15, 0.2) is 12.4 Å². The predicted molar refractivity (Wildman–Crippen MR) is 99.4 cm³/mol. The molecule has 7 heteroatoms. The first-order valence-corrected chi connectivity index (χ1v) is 8.27. The van der Waals surface area contributed by atoms with Gasteiger partial charge in [0.25, 0.3) is 5.69 Å². The average Bonchev–Trinajstić information content (AvgIpc) is 2.64. The third-order valence-electron chi connectivity index (χ3n) is 4.02. The molecule has 0 saturated heterocycles. The van der Waals surface area contributed by atoms with E-state index in [0.717, 1.165) is 11.6 Å². The first kappa shape index (κ1) is 20.1. The Balaban J connectivity index is 2.10. The van der Waals surface area contributed by atoms with Crippen molar-refractivity contribution in [2.45, 2.75) is 26.2 Å². The van der Waals surface area contributed by atoms with Crippen LogP contribution in [0.15, 0.2) is 42.5 Å². The minimum Gasteiger partial charge on any atom is -0.496 e. The SMILES string of the molecule is COc1ccc([N+](=O)[O-])cc1C(=O)OCC(=O)c1ccc(C(C)(C)C)cc1. The van der Waals surface area contributed by atoms with Gasteiger partial charge in [0, 0.05) is 17.7 Å². The number of non-ortho nitro benzene ring substituents is 1. The quantitative estimate of drug-likeness (QED) is 0.330. The highest BCUT2D eigenvalue weighted by molar-refractivity contribution is 6.00. The zero-order valence-corrected chi connectivity index (χ0v) is 15.6. The van der Waals surface area contributed by atoms with Gasteiger partial charge in [-0.2, -0.15) is 0 Å². The highest BCUT2D eigenvalue weighted by Gasteiger charge is 2.20. The van der Waals surface area contributed by atoms with Gasteiger partial charge in [-0.25, -0.2) is 4.79 Å². The molecule has 0 N–H and O–H groups in total. The molecule has 2 aromatic rings. The van der Waals surface area contributed by atoms with Crippen molar-refractivity contribution < 1.29 is 24.0 Å². The Bertz CT molecular complexity index is 865. The molecule has 0 heterocycles. The topological polar surface area (TPSA) is 95.7 Å². The van der Waals surface area contributed by atoms with Crippen molar-refractivity contribution in [1.29, 1.82) is 0 Å². The molecule has 0 aromatic heterocycles. The van der Waals surface area contributed by atoms with Gasteiger partial charge in [-0.1, -0.05) is 45.0 Å². The van der Waals surface area contributed by atoms with Crippen LogP contribution in [0.25, 0.3) is 0 Å². The lowest BCUT2D eigenvalue weighted by Crippen LogP contribution is -2.16. The van der Waals surface area contributed by atoms with Gasteiger partial charge < -0.3 is 9.47 Å². The number of carbonyl (C=O) groups is 2. The molecule has 27 heavy (non-hydrogen) atoms. The molecule has 142 valence electrons. The number of rotatable bonds is 6. The van der Waals surface area contributed by atoms with Crippen molar-refractivity contribution in [2.24, 2.45) is 0 Å². The Morgan fingerprint density at radius 3 is 2.22 bits per heavy atom. The molecule has 0 saturated carbocycles. The second-order valence-electron chi connectivity index (χ2n) is 6.97. The van der Waals surface area contributed by atoms with E-state index in [9.17, 15) is 19.7 Å². The lowest BCUT2D eigenvalue weighted by molar-refractivity contribution is -0.384. The first-order valence-electron chi connectivity index (χ1n) is 8.27. The molecule has 0 spiro atoms. The van der Waals surface area contributed by atoms with E-state index in [-0.39, 0.29) is 28.2 Å². The maximum absolute atomic E-state index is 12.3. The minimum absolute atomic E-state index is 0.0351. The standard InChI is InChI=1S/C20H21NO6/c1-20(2,3)14-7-5-13(6-8-14)17(22)12-27-19(23)16-11-15(21(24)25)9-10-18(16)26-4/h5-11H,12H2,1-4H3. The lowest BCUT2D eigenvalue weighted by atomic mass is 9.86. The smallest absolute Gasteiger partial charge is 0.342 e. The van der Waals surface area contributed by atoms with E-state index < -0.39 is 17.5 Å². The number of benzene rings is 2. The summed E-state index contributed by atoms with van der Waals surface area (Å²) in [5.74, 6) is -1.10. The number of ether oxygens (including phenoxy) is 2. The van der Waals surface area contributed by atoms with Crippen LogP contribution in [-0.4, -0.2) is 30.4 Å². The van der Waals surface area contributed by atoms with Crippen LogP contribution in [0.5, 0.6) is 5.75 Å². The Morgan fingerprint density at radius 1 is 1.07 bits per heavy atom. The van der Waals surface area contributed by atoms with Gasteiger partial charge in [0.05, 0.1) is 12.0 Å². The summed E-state index contributed by atoms with van der Waals surface area (Å²) in [5.41, 5.74) is 1.08. The maximum atomic E-state index is 12.3. The van der Waals surface area contributed by atoms with Crippen LogP contribution in [0.4, 0.5) is 5.69 Å². The van der Waals surface area contributed by atoms with Crippen molar-refractivity contribution in [1.82, 2.24) is 0 Å². The third-order valence-corrected chi connectivity index (χ3v) is 4.02. The fourth-order valence-electron chi connectivity index (χ4n) is 2.42. The molecule has 0 fully saturated rings. The van der Waals surface area contributed by atoms with E-state index in [4.69, 9.17) is 9.47 Å². The molecule has 0 radical (unpaired) electrons. The molecule has 0 aliphatic rings. The van der Waals surface area contributed by atoms with E-state index in [0.29, 0.717) is 5.56 Å². The number of Topliss-reactive ketones (excluding diaryl/α,β-unsaturated/α-hetero) is 1. The molecule has 0 aliphatic heterocycles. The van der Waals surface area contributed by atoms with E-state index in [1.54, 1.807) is 12.1 Å². The molecule has 0 amide bonds. The summed E-state index contributed by atoms with van der Waals surface area (Å²) in [7, 11) is 1.33. The number of nitro benzene ring substituents is 1. The summed E-state index contributed by atoms with van der Waals surface area (Å²) in [4.78, 5) is 34.8. The van der Waals surface area contributed by atoms with Crippen molar-refractivity contribution in [2.75, 3.05) is 13.7 Å². The Labute approximate surface area is 157 Å². The van der Waals surface area contributed by atoms with E-state index >= 15 is 0 Å². The third kappa shape index (κ3) is 4.91. The predicted octanol–water partition coefficient (Wildman–Crippen LogP) is 3.94. The van der Waals surface area contributed by atoms with E-state index in [1.165, 1.54) is 19.2 Å². The summed E-state index contributed by atoms with van der Waals surface area (Å²) < 4.78 is 10.1. The highest BCUT2D eigenvalue weighted by atomic mass is 16.6. The molecule has 0 unspecified atom stereocenters. The second kappa shape index (κ2) is 7.99. The summed E-state index contributed by atoms with van der Waals surface area (Å²) in [6, 6.07) is 10.7. The largest absolute Gasteiger partial charge is 0.496 e. The van der Waals surface area contributed by atoms with Gasteiger partial charge in [-0.05, 0) is 17.0 Å². The van der Waals surface area contributed by atoms with Crippen LogP contribution in [0, 0.1) is 10.1 Å². The van der Waals surface area contributed by atoms with Gasteiger partial charge in [-0.15, -0.1) is 0 Å². The second-order valence-corrected chi connectivity index (χ2v) is 6.97. The normalized spacial score (nSPS) is 11.0. The Kier molecular flexibility index (Phi) is 5.95. The van der Waals surface area contributed by atoms with Crippen molar-refractivity contribution in [3.05, 3.63) is 69.3 Å². The minimum atomic E-state index is -0.866. The van der Waals surface area contributed by atoms with Crippen LogP contribution >= 0.6 is 0 Å². The number of nitro groups is 1. The van der Waals surface area contributed by atoms with Gasteiger partial charge in [-0.3, -0.25) is 14.9 Å². The molecule has 0 bridgehead atoms. The van der Waals surface area contributed by atoms with Gasteiger partial charge in [0.2, 0.25) is 0 Å². The van der Waals surface area contributed by atoms with Crippen LogP contribution in [0.1, 0.15) is 47.1 Å². The van der Waals surface area contributed by atoms with Crippen molar-refractivity contribution >= 4 is 17.4 Å². The molecule has 7 nitrogen and oxygen atoms in total. The zero-order valence-electron chi connectivity index (χ0n) is 15.6. The van der Waals surface area contributed by atoms with Gasteiger partial charge >= 0.3 is 5.97 Å². The fourth-order valence-corrected chi connectivity index (χ4v) is 2.42. The van der Waals surface area contributed by atoms with Gasteiger partial charge in [0.1, 0.15) is 11.3 Å². The summed E-state index contributed by atoms with van der Waals surface area (Å²) in [6.07, 6.45) is 0. The summed E-state index contributed by atoms with van der Waals surface area (Å²) in [6.45, 7) is 5.73. The molecular formula is C20H21NO6. The Morgan fingerprint density at radius 2 is 1.70 bits per heavy atom. The van der Waals surface area contributed by atoms with Crippen LogP contribution in [0.3, 0.4) is 0 Å². The number of esters is 1. The number of carbonyl (C=O) groups excluding carboxylic acids is 2. The zero-order chi connectivity index (χ0) is 20.2. The molecular weight excluding hydrogens is 350 g/mol. The number of ketones is 1. The number of methoxy groups -OCH3 is 1. The molecule has 0 atom stereocenters. The van der Waals surface area contributed by atoms with Crippen LogP contribution in [0.2, 0.25) is 0 Å². The first-order chi connectivity index (χ1) is 12.6. The van der Waals surface area contributed by atoms with Crippen molar-refractivity contribution in [3.63, 3.8) is 0 Å². The highest BCUT2D eigenvalue weighted by Crippen LogP contribution is 2.25. The summed E-state index contributed by atoms with van der Waals surface area (Å²) in [5, 5.41) is 10.9. The fraction of sp³-hybridized carbons (Fsp3) is 0.300. The van der Waals surface area contributed by atoms with E-state index in [1.807, 2.05) is 12.1 Å². The van der Waals surface area contributed by atoms with Crippen molar-refractivity contribution in [3.8, 4) is 5.75 Å². The number of hydrogen-bond donors (Lipinski definition) is 0. The maximum Gasteiger partial charge on any atom is 0.342 e.